The number of carbonyl (C=O) groups excluding carboxylic acids is 1. The lowest BCUT2D eigenvalue weighted by Crippen LogP contribution is -2.28. The molecule has 0 unspecified atom stereocenters. The normalized spacial score (nSPS) is 13.5. The van der Waals surface area contributed by atoms with Gasteiger partial charge in [-0.1, -0.05) is 0 Å². The van der Waals surface area contributed by atoms with Crippen molar-refractivity contribution in [2.45, 2.75) is 19.6 Å². The van der Waals surface area contributed by atoms with E-state index in [1.807, 2.05) is 22.9 Å². The van der Waals surface area contributed by atoms with Crippen molar-refractivity contribution >= 4 is 5.91 Å². The highest BCUT2D eigenvalue weighted by atomic mass is 16.1. The van der Waals surface area contributed by atoms with Crippen molar-refractivity contribution in [3.63, 3.8) is 0 Å². The van der Waals surface area contributed by atoms with Crippen molar-refractivity contribution in [2.75, 3.05) is 6.54 Å². The van der Waals surface area contributed by atoms with Gasteiger partial charge in [-0.3, -0.25) is 14.0 Å². The SMILES string of the molecule is O=C(NCc1cc2n(n1)CCNC2)c1ccc(-n2cnnc2)cc1. The molecule has 0 saturated carbocycles. The van der Waals surface area contributed by atoms with Crippen LogP contribution in [0.4, 0.5) is 0 Å². The van der Waals surface area contributed by atoms with Crippen LogP contribution < -0.4 is 10.6 Å². The summed E-state index contributed by atoms with van der Waals surface area (Å²) in [5.41, 5.74) is 3.55. The van der Waals surface area contributed by atoms with Gasteiger partial charge in [0.1, 0.15) is 12.7 Å². The van der Waals surface area contributed by atoms with Gasteiger partial charge in [-0.05, 0) is 30.3 Å². The van der Waals surface area contributed by atoms with Crippen LogP contribution in [-0.4, -0.2) is 37.0 Å². The van der Waals surface area contributed by atoms with Gasteiger partial charge >= 0.3 is 0 Å². The van der Waals surface area contributed by atoms with Crippen LogP contribution in [0.2, 0.25) is 0 Å². The first-order valence-corrected chi connectivity index (χ1v) is 7.79. The Hall–Kier alpha value is -3.00. The van der Waals surface area contributed by atoms with Gasteiger partial charge in [0.15, 0.2) is 0 Å². The number of rotatable bonds is 4. The molecule has 1 aliphatic rings. The maximum absolute atomic E-state index is 12.3. The number of aromatic nitrogens is 5. The van der Waals surface area contributed by atoms with Crippen molar-refractivity contribution in [1.82, 2.24) is 35.2 Å². The molecule has 1 aromatic carbocycles. The number of carbonyl (C=O) groups is 1. The largest absolute Gasteiger partial charge is 0.346 e. The van der Waals surface area contributed by atoms with E-state index in [4.69, 9.17) is 0 Å². The van der Waals surface area contributed by atoms with Gasteiger partial charge in [-0.25, -0.2) is 0 Å². The summed E-state index contributed by atoms with van der Waals surface area (Å²) in [6.45, 7) is 3.05. The highest BCUT2D eigenvalue weighted by Crippen LogP contribution is 2.10. The molecule has 0 fully saturated rings. The van der Waals surface area contributed by atoms with Crippen molar-refractivity contribution < 1.29 is 4.79 Å². The average Bonchev–Trinajstić information content (AvgIpc) is 3.29. The molecule has 0 saturated heterocycles. The monoisotopic (exact) mass is 323 g/mol. The number of nitrogens with zero attached hydrogens (tertiary/aromatic N) is 5. The fraction of sp³-hybridized carbons (Fsp3) is 0.250. The van der Waals surface area contributed by atoms with Gasteiger partial charge in [0.25, 0.3) is 5.91 Å². The number of amides is 1. The Morgan fingerprint density at radius 1 is 1.21 bits per heavy atom. The number of nitrogens with one attached hydrogen (secondary N) is 2. The van der Waals surface area contributed by atoms with E-state index in [0.29, 0.717) is 12.1 Å². The lowest BCUT2D eigenvalue weighted by Gasteiger charge is -2.13. The number of hydrogen-bond acceptors (Lipinski definition) is 5. The summed E-state index contributed by atoms with van der Waals surface area (Å²) in [6.07, 6.45) is 3.23. The van der Waals surface area contributed by atoms with E-state index < -0.39 is 0 Å². The lowest BCUT2D eigenvalue weighted by atomic mass is 10.2. The Labute approximate surface area is 138 Å². The molecule has 3 heterocycles. The summed E-state index contributed by atoms with van der Waals surface area (Å²) >= 11 is 0. The minimum atomic E-state index is -0.116. The van der Waals surface area contributed by atoms with Crippen LogP contribution in [0.1, 0.15) is 21.7 Å². The zero-order valence-electron chi connectivity index (χ0n) is 13.0. The molecule has 122 valence electrons. The zero-order chi connectivity index (χ0) is 16.4. The van der Waals surface area contributed by atoms with Crippen LogP contribution >= 0.6 is 0 Å². The first-order valence-electron chi connectivity index (χ1n) is 7.79. The Bertz CT molecular complexity index is 812. The van der Waals surface area contributed by atoms with Crippen LogP contribution in [0.25, 0.3) is 5.69 Å². The minimum absolute atomic E-state index is 0.116. The van der Waals surface area contributed by atoms with Gasteiger partial charge in [-0.15, -0.1) is 10.2 Å². The highest BCUT2D eigenvalue weighted by Gasteiger charge is 2.12. The topological polar surface area (TPSA) is 89.7 Å². The molecular formula is C16H17N7O. The van der Waals surface area contributed by atoms with E-state index in [0.717, 1.165) is 36.7 Å². The summed E-state index contributed by atoms with van der Waals surface area (Å²) in [5, 5.41) is 18.3. The molecule has 1 amide bonds. The van der Waals surface area contributed by atoms with Gasteiger partial charge in [0.05, 0.1) is 24.5 Å². The molecule has 24 heavy (non-hydrogen) atoms. The second kappa shape index (κ2) is 6.25. The first kappa shape index (κ1) is 14.6. The van der Waals surface area contributed by atoms with E-state index in [1.165, 1.54) is 0 Å². The van der Waals surface area contributed by atoms with E-state index in [9.17, 15) is 4.79 Å². The number of benzene rings is 1. The molecule has 3 aromatic rings. The highest BCUT2D eigenvalue weighted by molar-refractivity contribution is 5.94. The van der Waals surface area contributed by atoms with E-state index in [-0.39, 0.29) is 5.91 Å². The van der Waals surface area contributed by atoms with Crippen molar-refractivity contribution in [3.05, 3.63) is 59.9 Å². The molecule has 2 aromatic heterocycles. The molecular weight excluding hydrogens is 306 g/mol. The summed E-state index contributed by atoms with van der Waals surface area (Å²) in [7, 11) is 0. The molecule has 4 rings (SSSR count). The fourth-order valence-corrected chi connectivity index (χ4v) is 2.73. The Morgan fingerprint density at radius 2 is 2.00 bits per heavy atom. The minimum Gasteiger partial charge on any atom is -0.346 e. The second-order valence-corrected chi connectivity index (χ2v) is 5.63. The van der Waals surface area contributed by atoms with Gasteiger partial charge < -0.3 is 10.6 Å². The van der Waals surface area contributed by atoms with Crippen LogP contribution in [0.3, 0.4) is 0 Å². The molecule has 0 aliphatic carbocycles. The summed E-state index contributed by atoms with van der Waals surface area (Å²) in [6, 6.07) is 9.32. The Morgan fingerprint density at radius 3 is 2.75 bits per heavy atom. The average molecular weight is 323 g/mol. The molecule has 0 spiro atoms. The maximum Gasteiger partial charge on any atom is 0.251 e. The van der Waals surface area contributed by atoms with Gasteiger partial charge in [-0.2, -0.15) is 5.10 Å². The molecule has 2 N–H and O–H groups in total. The standard InChI is InChI=1S/C16H17N7O/c24-16(12-1-3-14(4-2-12)22-10-19-20-11-22)18-8-13-7-15-9-17-5-6-23(15)21-13/h1-4,7,10-11,17H,5-6,8-9H2,(H,18,24). The third-order valence-corrected chi connectivity index (χ3v) is 4.00. The van der Waals surface area contributed by atoms with Crippen LogP contribution in [0, 0.1) is 0 Å². The number of fused-ring (bicyclic) bond motifs is 1. The van der Waals surface area contributed by atoms with Crippen LogP contribution in [-0.2, 0) is 19.6 Å². The van der Waals surface area contributed by atoms with E-state index in [1.54, 1.807) is 29.4 Å². The zero-order valence-corrected chi connectivity index (χ0v) is 13.0. The van der Waals surface area contributed by atoms with Crippen molar-refractivity contribution in [2.24, 2.45) is 0 Å². The van der Waals surface area contributed by atoms with Gasteiger partial charge in [0.2, 0.25) is 0 Å². The van der Waals surface area contributed by atoms with Crippen LogP contribution in [0.5, 0.6) is 0 Å². The Kier molecular flexibility index (Phi) is 3.80. The summed E-state index contributed by atoms with van der Waals surface area (Å²) in [4.78, 5) is 12.3. The van der Waals surface area contributed by atoms with Gasteiger partial charge in [0, 0.05) is 24.3 Å². The van der Waals surface area contributed by atoms with E-state index in [2.05, 4.69) is 25.9 Å². The third-order valence-electron chi connectivity index (χ3n) is 4.00. The quantitative estimate of drug-likeness (QED) is 0.730. The third kappa shape index (κ3) is 2.91. The molecule has 0 radical (unpaired) electrons. The first-order chi connectivity index (χ1) is 11.8. The van der Waals surface area contributed by atoms with Crippen LogP contribution in [0.15, 0.2) is 43.0 Å². The smallest absolute Gasteiger partial charge is 0.251 e. The summed E-state index contributed by atoms with van der Waals surface area (Å²) < 4.78 is 3.78. The fourth-order valence-electron chi connectivity index (χ4n) is 2.73. The number of hydrogen-bond donors (Lipinski definition) is 2. The second-order valence-electron chi connectivity index (χ2n) is 5.63. The lowest BCUT2D eigenvalue weighted by molar-refractivity contribution is 0.0950. The van der Waals surface area contributed by atoms with Crippen molar-refractivity contribution in [3.8, 4) is 5.69 Å². The molecule has 8 nitrogen and oxygen atoms in total. The van der Waals surface area contributed by atoms with E-state index >= 15 is 0 Å². The van der Waals surface area contributed by atoms with Crippen molar-refractivity contribution in [1.29, 1.82) is 0 Å². The summed E-state index contributed by atoms with van der Waals surface area (Å²) in [5.74, 6) is -0.116. The molecule has 8 heteroatoms. The predicted octanol–water partition coefficient (Wildman–Crippen LogP) is 0.497. The maximum atomic E-state index is 12.3. The molecule has 1 aliphatic heterocycles. The molecule has 0 bridgehead atoms. The predicted molar refractivity (Wildman–Crippen MR) is 86.5 cm³/mol. The Balaban J connectivity index is 1.40. The molecule has 0 atom stereocenters.